The molecule has 0 amide bonds. The van der Waals surface area contributed by atoms with E-state index in [4.69, 9.17) is 0 Å². The molecule has 7 heteroatoms. The SMILES string of the molecule is Cc1nn(C)c(C)c1NS(=O)(=O)c1ccccc1Br. The Morgan fingerprint density at radius 3 is 2.42 bits per heavy atom. The highest BCUT2D eigenvalue weighted by Crippen LogP contribution is 2.26. The first-order chi connectivity index (χ1) is 8.83. The molecule has 0 radical (unpaired) electrons. The highest BCUT2D eigenvalue weighted by molar-refractivity contribution is 9.10. The third-order valence-corrected chi connectivity index (χ3v) is 5.23. The lowest BCUT2D eigenvalue weighted by Crippen LogP contribution is -2.14. The van der Waals surface area contributed by atoms with Crippen LogP contribution in [0.15, 0.2) is 33.6 Å². The molecule has 1 aromatic heterocycles. The molecule has 0 unspecified atom stereocenters. The number of halogens is 1. The lowest BCUT2D eigenvalue weighted by Gasteiger charge is -2.09. The topological polar surface area (TPSA) is 64.0 Å². The molecule has 1 aromatic carbocycles. The summed E-state index contributed by atoms with van der Waals surface area (Å²) in [5.41, 5.74) is 1.95. The molecule has 0 saturated carbocycles. The fourth-order valence-electron chi connectivity index (χ4n) is 1.77. The van der Waals surface area contributed by atoms with Gasteiger partial charge in [0.15, 0.2) is 0 Å². The summed E-state index contributed by atoms with van der Waals surface area (Å²) in [6, 6.07) is 6.69. The van der Waals surface area contributed by atoms with Crippen molar-refractivity contribution in [2.75, 3.05) is 4.72 Å². The number of nitrogens with zero attached hydrogens (tertiary/aromatic N) is 2. The zero-order valence-electron chi connectivity index (χ0n) is 10.8. The number of hydrogen-bond donors (Lipinski definition) is 1. The zero-order chi connectivity index (χ0) is 14.2. The molecule has 0 spiro atoms. The summed E-state index contributed by atoms with van der Waals surface area (Å²) in [6.07, 6.45) is 0. The highest BCUT2D eigenvalue weighted by atomic mass is 79.9. The maximum Gasteiger partial charge on any atom is 0.263 e. The van der Waals surface area contributed by atoms with E-state index in [1.165, 1.54) is 0 Å². The summed E-state index contributed by atoms with van der Waals surface area (Å²) < 4.78 is 29.5. The van der Waals surface area contributed by atoms with Crippen molar-refractivity contribution in [3.8, 4) is 0 Å². The Labute approximate surface area is 120 Å². The van der Waals surface area contributed by atoms with Gasteiger partial charge >= 0.3 is 0 Å². The molecule has 2 rings (SSSR count). The number of aryl methyl sites for hydroxylation is 2. The summed E-state index contributed by atoms with van der Waals surface area (Å²) in [7, 11) is -1.85. The number of sulfonamides is 1. The molecule has 0 aliphatic heterocycles. The van der Waals surface area contributed by atoms with Crippen molar-refractivity contribution in [3.63, 3.8) is 0 Å². The van der Waals surface area contributed by atoms with Crippen molar-refractivity contribution in [3.05, 3.63) is 40.1 Å². The van der Waals surface area contributed by atoms with Crippen LogP contribution in [0.4, 0.5) is 5.69 Å². The van der Waals surface area contributed by atoms with Crippen LogP contribution in [0.1, 0.15) is 11.4 Å². The van der Waals surface area contributed by atoms with Crippen LogP contribution in [0.2, 0.25) is 0 Å². The van der Waals surface area contributed by atoms with Crippen molar-refractivity contribution in [1.29, 1.82) is 0 Å². The number of anilines is 1. The summed E-state index contributed by atoms with van der Waals surface area (Å²) in [5, 5.41) is 4.19. The molecule has 102 valence electrons. The van der Waals surface area contributed by atoms with Crippen molar-refractivity contribution < 1.29 is 8.42 Å². The molecule has 19 heavy (non-hydrogen) atoms. The minimum absolute atomic E-state index is 0.206. The van der Waals surface area contributed by atoms with Crippen LogP contribution in [0.25, 0.3) is 0 Å². The second-order valence-corrected chi connectivity index (χ2v) is 6.71. The van der Waals surface area contributed by atoms with Gasteiger partial charge in [0.1, 0.15) is 4.90 Å². The molecule has 1 heterocycles. The Morgan fingerprint density at radius 2 is 1.89 bits per heavy atom. The van der Waals surface area contributed by atoms with Gasteiger partial charge in [-0.05, 0) is 41.9 Å². The summed E-state index contributed by atoms with van der Waals surface area (Å²) >= 11 is 3.25. The minimum Gasteiger partial charge on any atom is -0.276 e. The van der Waals surface area contributed by atoms with E-state index in [1.807, 2.05) is 6.92 Å². The van der Waals surface area contributed by atoms with Gasteiger partial charge in [0, 0.05) is 11.5 Å². The van der Waals surface area contributed by atoms with E-state index in [9.17, 15) is 8.42 Å². The summed E-state index contributed by atoms with van der Waals surface area (Å²) in [4.78, 5) is 0.206. The predicted molar refractivity (Wildman–Crippen MR) is 77.6 cm³/mol. The molecule has 0 bridgehead atoms. The monoisotopic (exact) mass is 343 g/mol. The molecule has 0 fully saturated rings. The lowest BCUT2D eigenvalue weighted by atomic mass is 10.3. The van der Waals surface area contributed by atoms with Crippen LogP contribution in [0, 0.1) is 13.8 Å². The smallest absolute Gasteiger partial charge is 0.263 e. The third kappa shape index (κ3) is 2.66. The van der Waals surface area contributed by atoms with E-state index in [0.717, 1.165) is 5.69 Å². The first-order valence-electron chi connectivity index (χ1n) is 5.60. The Balaban J connectivity index is 2.46. The predicted octanol–water partition coefficient (Wildman–Crippen LogP) is 2.60. The molecule has 0 atom stereocenters. The number of aromatic nitrogens is 2. The molecule has 5 nitrogen and oxygen atoms in total. The molecule has 0 saturated heterocycles. The molecule has 2 aromatic rings. The molecule has 0 aliphatic rings. The van der Waals surface area contributed by atoms with Crippen molar-refractivity contribution in [2.24, 2.45) is 7.05 Å². The van der Waals surface area contributed by atoms with Crippen LogP contribution in [-0.2, 0) is 17.1 Å². The van der Waals surface area contributed by atoms with Gasteiger partial charge in [0.05, 0.1) is 17.1 Å². The largest absolute Gasteiger partial charge is 0.276 e. The average molecular weight is 344 g/mol. The first kappa shape index (κ1) is 14.1. The Hall–Kier alpha value is -1.34. The number of benzene rings is 1. The van der Waals surface area contributed by atoms with Gasteiger partial charge in [-0.15, -0.1) is 0 Å². The fraction of sp³-hybridized carbons (Fsp3) is 0.250. The number of hydrogen-bond acceptors (Lipinski definition) is 3. The van der Waals surface area contributed by atoms with Crippen molar-refractivity contribution in [2.45, 2.75) is 18.7 Å². The van der Waals surface area contributed by atoms with E-state index < -0.39 is 10.0 Å². The number of rotatable bonds is 3. The Morgan fingerprint density at radius 1 is 1.26 bits per heavy atom. The second-order valence-electron chi connectivity index (χ2n) is 4.21. The van der Waals surface area contributed by atoms with Crippen LogP contribution >= 0.6 is 15.9 Å². The van der Waals surface area contributed by atoms with E-state index in [0.29, 0.717) is 15.9 Å². The average Bonchev–Trinajstić information content (AvgIpc) is 2.56. The van der Waals surface area contributed by atoms with Crippen molar-refractivity contribution >= 4 is 31.6 Å². The highest BCUT2D eigenvalue weighted by Gasteiger charge is 2.20. The lowest BCUT2D eigenvalue weighted by molar-refractivity contribution is 0.600. The molecular formula is C12H14BrN3O2S. The minimum atomic E-state index is -3.63. The quantitative estimate of drug-likeness (QED) is 0.931. The van der Waals surface area contributed by atoms with E-state index in [2.05, 4.69) is 25.8 Å². The first-order valence-corrected chi connectivity index (χ1v) is 7.88. The van der Waals surface area contributed by atoms with Gasteiger partial charge in [-0.3, -0.25) is 9.40 Å². The van der Waals surface area contributed by atoms with Gasteiger partial charge in [-0.1, -0.05) is 12.1 Å². The maximum atomic E-state index is 12.4. The van der Waals surface area contributed by atoms with Gasteiger partial charge in [0.2, 0.25) is 0 Å². The third-order valence-electron chi connectivity index (χ3n) is 2.87. The van der Waals surface area contributed by atoms with Crippen LogP contribution < -0.4 is 4.72 Å². The van der Waals surface area contributed by atoms with E-state index >= 15 is 0 Å². The Bertz CT molecular complexity index is 723. The van der Waals surface area contributed by atoms with Crippen LogP contribution in [-0.4, -0.2) is 18.2 Å². The zero-order valence-corrected chi connectivity index (χ0v) is 13.2. The van der Waals surface area contributed by atoms with Crippen molar-refractivity contribution in [1.82, 2.24) is 9.78 Å². The van der Waals surface area contributed by atoms with Gasteiger partial charge in [-0.25, -0.2) is 8.42 Å². The maximum absolute atomic E-state index is 12.4. The normalized spacial score (nSPS) is 11.6. The van der Waals surface area contributed by atoms with Gasteiger partial charge in [-0.2, -0.15) is 5.10 Å². The van der Waals surface area contributed by atoms with Gasteiger partial charge in [0.25, 0.3) is 10.0 Å². The summed E-state index contributed by atoms with van der Waals surface area (Å²) in [6.45, 7) is 3.59. The number of nitrogens with one attached hydrogen (secondary N) is 1. The molecule has 0 aliphatic carbocycles. The fourth-order valence-corrected chi connectivity index (χ4v) is 3.95. The van der Waals surface area contributed by atoms with E-state index in [1.54, 1.807) is 42.9 Å². The molecule has 1 N–H and O–H groups in total. The van der Waals surface area contributed by atoms with Crippen LogP contribution in [0.3, 0.4) is 0 Å². The van der Waals surface area contributed by atoms with E-state index in [-0.39, 0.29) is 4.90 Å². The van der Waals surface area contributed by atoms with Gasteiger partial charge < -0.3 is 0 Å². The van der Waals surface area contributed by atoms with Crippen LogP contribution in [0.5, 0.6) is 0 Å². The Kier molecular flexibility index (Phi) is 3.69. The molecular weight excluding hydrogens is 330 g/mol. The standard InChI is InChI=1S/C12H14BrN3O2S/c1-8-12(9(2)16(3)14-8)15-19(17,18)11-7-5-4-6-10(11)13/h4-7,15H,1-3H3. The summed E-state index contributed by atoms with van der Waals surface area (Å²) in [5.74, 6) is 0. The second kappa shape index (κ2) is 4.97.